The van der Waals surface area contributed by atoms with Gasteiger partial charge in [-0.2, -0.15) is 0 Å². The van der Waals surface area contributed by atoms with Crippen LogP contribution in [0.25, 0.3) is 0 Å². The van der Waals surface area contributed by atoms with Crippen molar-refractivity contribution in [3.63, 3.8) is 0 Å². The molecule has 1 unspecified atom stereocenters. The van der Waals surface area contributed by atoms with E-state index < -0.39 is 21.8 Å². The van der Waals surface area contributed by atoms with E-state index in [4.69, 9.17) is 0 Å². The summed E-state index contributed by atoms with van der Waals surface area (Å²) in [6, 6.07) is 26.7. The van der Waals surface area contributed by atoms with Gasteiger partial charge in [0.2, 0.25) is 5.78 Å². The summed E-state index contributed by atoms with van der Waals surface area (Å²) < 4.78 is 28.1. The van der Waals surface area contributed by atoms with Crippen LogP contribution in [0, 0.1) is 18.9 Å². The molecular weight excluding hydrogens is 394 g/mol. The van der Waals surface area contributed by atoms with Crippen molar-refractivity contribution >= 4 is 15.8 Å². The second-order valence-corrected chi connectivity index (χ2v) is 8.70. The molecule has 0 heterocycles. The molecule has 0 aliphatic carbocycles. The fourth-order valence-electron chi connectivity index (χ4n) is 3.11. The third-order valence-electron chi connectivity index (χ3n) is 4.75. The Morgan fingerprint density at radius 3 is 2.03 bits per heavy atom. The summed E-state index contributed by atoms with van der Waals surface area (Å²) >= 11 is 0. The van der Waals surface area contributed by atoms with Gasteiger partial charge < -0.3 is 0 Å². The molecule has 3 aromatic carbocycles. The summed E-state index contributed by atoms with van der Waals surface area (Å²) in [7, 11) is -3.95. The van der Waals surface area contributed by atoms with Crippen LogP contribution < -0.4 is 0 Å². The number of hydrogen-bond acceptors (Lipinski definition) is 3. The predicted molar refractivity (Wildman–Crippen MR) is 118 cm³/mol. The van der Waals surface area contributed by atoms with Gasteiger partial charge in [0.25, 0.3) is 10.0 Å². The number of carbonyl (C=O) groups excluding carboxylic acids is 1. The molecule has 152 valence electrons. The summed E-state index contributed by atoms with van der Waals surface area (Å²) in [5.41, 5.74) is 2.20. The highest BCUT2D eigenvalue weighted by molar-refractivity contribution is 7.89. The maximum absolute atomic E-state index is 13.5. The van der Waals surface area contributed by atoms with Crippen molar-refractivity contribution < 1.29 is 13.2 Å². The minimum atomic E-state index is -3.95. The number of sulfonamides is 1. The second-order valence-electron chi connectivity index (χ2n) is 6.88. The van der Waals surface area contributed by atoms with Crippen LogP contribution in [0.1, 0.15) is 40.9 Å². The van der Waals surface area contributed by atoms with E-state index >= 15 is 0 Å². The molecule has 0 N–H and O–H groups in total. The van der Waals surface area contributed by atoms with Crippen LogP contribution >= 0.6 is 0 Å². The van der Waals surface area contributed by atoms with Crippen molar-refractivity contribution in [1.82, 2.24) is 4.31 Å². The molecule has 4 nitrogen and oxygen atoms in total. The SMILES string of the molecule is CCC(c1ccccc1)N(C#CC(=O)c1ccccc1)S(=O)(=O)c1ccc(C)cc1. The van der Waals surface area contributed by atoms with Gasteiger partial charge in [0.05, 0.1) is 10.9 Å². The average molecular weight is 418 g/mol. The van der Waals surface area contributed by atoms with Crippen LogP contribution in [0.2, 0.25) is 0 Å². The van der Waals surface area contributed by atoms with Crippen molar-refractivity contribution in [2.24, 2.45) is 0 Å². The van der Waals surface area contributed by atoms with E-state index in [-0.39, 0.29) is 4.90 Å². The largest absolute Gasteiger partial charge is 0.279 e. The summed E-state index contributed by atoms with van der Waals surface area (Å²) in [5, 5.41) is 0. The summed E-state index contributed by atoms with van der Waals surface area (Å²) in [4.78, 5) is 12.7. The van der Waals surface area contributed by atoms with E-state index in [1.54, 1.807) is 54.6 Å². The number of rotatable bonds is 6. The van der Waals surface area contributed by atoms with E-state index in [9.17, 15) is 13.2 Å². The topological polar surface area (TPSA) is 54.5 Å². The Hall–Kier alpha value is -3.36. The van der Waals surface area contributed by atoms with Crippen molar-refractivity contribution in [3.8, 4) is 12.0 Å². The van der Waals surface area contributed by atoms with Gasteiger partial charge in [0, 0.05) is 17.5 Å². The van der Waals surface area contributed by atoms with E-state index in [2.05, 4.69) is 12.0 Å². The molecule has 0 aliphatic heterocycles. The molecule has 0 saturated carbocycles. The van der Waals surface area contributed by atoms with Gasteiger partial charge in [-0.05, 0) is 31.0 Å². The third-order valence-corrected chi connectivity index (χ3v) is 6.48. The molecule has 1 atom stereocenters. The quantitative estimate of drug-likeness (QED) is 0.323. The Morgan fingerprint density at radius 1 is 0.900 bits per heavy atom. The number of benzene rings is 3. The predicted octanol–water partition coefficient (Wildman–Crippen LogP) is 4.98. The van der Waals surface area contributed by atoms with Crippen LogP contribution in [0.3, 0.4) is 0 Å². The lowest BCUT2D eigenvalue weighted by atomic mass is 10.1. The Kier molecular flexibility index (Phi) is 6.71. The molecule has 3 rings (SSSR count). The van der Waals surface area contributed by atoms with E-state index in [1.165, 1.54) is 0 Å². The molecule has 0 bridgehead atoms. The first-order chi connectivity index (χ1) is 14.4. The van der Waals surface area contributed by atoms with Gasteiger partial charge in [-0.25, -0.2) is 12.7 Å². The maximum atomic E-state index is 13.5. The van der Waals surface area contributed by atoms with E-state index in [0.717, 1.165) is 15.4 Å². The number of aryl methyl sites for hydroxylation is 1. The lowest BCUT2D eigenvalue weighted by Crippen LogP contribution is -2.31. The Balaban J connectivity index is 2.08. The molecule has 0 radical (unpaired) electrons. The molecular formula is C25H23NO3S. The zero-order valence-electron chi connectivity index (χ0n) is 16.9. The Labute approximate surface area is 178 Å². The first-order valence-electron chi connectivity index (χ1n) is 9.70. The fourth-order valence-corrected chi connectivity index (χ4v) is 4.59. The van der Waals surface area contributed by atoms with Crippen LogP contribution in [0.5, 0.6) is 0 Å². The molecule has 30 heavy (non-hydrogen) atoms. The highest BCUT2D eigenvalue weighted by atomic mass is 32.2. The first kappa shape index (κ1) is 21.4. The van der Waals surface area contributed by atoms with Crippen LogP contribution in [0.15, 0.2) is 89.8 Å². The summed E-state index contributed by atoms with van der Waals surface area (Å²) in [5.74, 6) is 2.10. The van der Waals surface area contributed by atoms with E-state index in [0.29, 0.717) is 12.0 Å². The number of Topliss-reactive ketones (excluding diaryl/α,β-unsaturated/α-hetero) is 1. The van der Waals surface area contributed by atoms with Crippen LogP contribution in [-0.2, 0) is 10.0 Å². The Morgan fingerprint density at radius 2 is 1.47 bits per heavy atom. The Bertz CT molecular complexity index is 1160. The summed E-state index contributed by atoms with van der Waals surface area (Å²) in [6.45, 7) is 3.79. The normalized spacial score (nSPS) is 11.8. The molecule has 0 saturated heterocycles. The molecule has 5 heteroatoms. The monoisotopic (exact) mass is 417 g/mol. The molecule has 0 amide bonds. The van der Waals surface area contributed by atoms with Gasteiger partial charge in [-0.15, -0.1) is 0 Å². The number of nitrogens with zero attached hydrogens (tertiary/aromatic N) is 1. The lowest BCUT2D eigenvalue weighted by molar-refractivity contribution is 0.105. The van der Waals surface area contributed by atoms with Crippen molar-refractivity contribution in [3.05, 3.63) is 102 Å². The van der Waals surface area contributed by atoms with Gasteiger partial charge >= 0.3 is 0 Å². The minimum absolute atomic E-state index is 0.143. The average Bonchev–Trinajstić information content (AvgIpc) is 2.77. The zero-order chi connectivity index (χ0) is 21.6. The maximum Gasteiger partial charge on any atom is 0.271 e. The minimum Gasteiger partial charge on any atom is -0.279 e. The molecule has 0 spiro atoms. The van der Waals surface area contributed by atoms with Crippen molar-refractivity contribution in [1.29, 1.82) is 0 Å². The van der Waals surface area contributed by atoms with Gasteiger partial charge in [-0.1, -0.05) is 85.3 Å². The zero-order valence-corrected chi connectivity index (χ0v) is 17.8. The fraction of sp³-hybridized carbons (Fsp3) is 0.160. The summed E-state index contributed by atoms with van der Waals surface area (Å²) in [6.07, 6.45) is 0.503. The third kappa shape index (κ3) is 4.79. The standard InChI is InChI=1S/C25H23NO3S/c1-3-24(21-10-6-4-7-11-21)26(19-18-25(27)22-12-8-5-9-13-22)30(28,29)23-16-14-20(2)15-17-23/h4-17,24H,3H2,1-2H3. The van der Waals surface area contributed by atoms with Gasteiger partial charge in [-0.3, -0.25) is 4.79 Å². The van der Waals surface area contributed by atoms with Crippen LogP contribution in [0.4, 0.5) is 0 Å². The number of ketones is 1. The second kappa shape index (κ2) is 9.43. The molecule has 3 aromatic rings. The smallest absolute Gasteiger partial charge is 0.271 e. The lowest BCUT2D eigenvalue weighted by Gasteiger charge is -2.27. The molecule has 0 fully saturated rings. The highest BCUT2D eigenvalue weighted by Gasteiger charge is 2.29. The van der Waals surface area contributed by atoms with E-state index in [1.807, 2.05) is 44.2 Å². The first-order valence-corrected chi connectivity index (χ1v) is 11.1. The van der Waals surface area contributed by atoms with Crippen molar-refractivity contribution in [2.75, 3.05) is 0 Å². The van der Waals surface area contributed by atoms with Gasteiger partial charge in [0.15, 0.2) is 0 Å². The highest BCUT2D eigenvalue weighted by Crippen LogP contribution is 2.29. The van der Waals surface area contributed by atoms with Gasteiger partial charge in [0.1, 0.15) is 0 Å². The van der Waals surface area contributed by atoms with Crippen LogP contribution in [-0.4, -0.2) is 18.5 Å². The van der Waals surface area contributed by atoms with Crippen molar-refractivity contribution in [2.45, 2.75) is 31.2 Å². The number of hydrogen-bond donors (Lipinski definition) is 0. The molecule has 0 aromatic heterocycles. The number of carbonyl (C=O) groups is 1. The molecule has 0 aliphatic rings.